The molecule has 2 aliphatic heterocycles. The Kier molecular flexibility index (Phi) is 6.32. The Morgan fingerprint density at radius 2 is 1.94 bits per heavy atom. The van der Waals surface area contributed by atoms with Crippen molar-refractivity contribution in [3.05, 3.63) is 34.8 Å². The third kappa shape index (κ3) is 5.33. The van der Waals surface area contributed by atoms with Crippen LogP contribution >= 0.6 is 11.3 Å². The number of amides is 1. The number of nitrogens with zero attached hydrogens (tertiary/aromatic N) is 4. The molecule has 2 aromatic rings. The Hall–Kier alpha value is -2.17. The van der Waals surface area contributed by atoms with Crippen LogP contribution in [-0.2, 0) is 17.8 Å². The van der Waals surface area contributed by atoms with E-state index in [9.17, 15) is 18.0 Å². The van der Waals surface area contributed by atoms with Gasteiger partial charge in [0, 0.05) is 62.2 Å². The number of carbonyl (C=O) groups excluding carboxylic acids is 1. The molecule has 0 N–H and O–H groups in total. The average Bonchev–Trinajstić information content (AvgIpc) is 3.15. The van der Waals surface area contributed by atoms with E-state index in [0.717, 1.165) is 55.8 Å². The van der Waals surface area contributed by atoms with Crippen LogP contribution in [0.25, 0.3) is 10.6 Å². The van der Waals surface area contributed by atoms with E-state index in [4.69, 9.17) is 0 Å². The summed E-state index contributed by atoms with van der Waals surface area (Å²) in [6.07, 6.45) is -0.0845. The molecule has 6 nitrogen and oxygen atoms in total. The fourth-order valence-electron chi connectivity index (χ4n) is 4.71. The normalized spacial score (nSPS) is 20.4. The predicted molar refractivity (Wildman–Crippen MR) is 119 cm³/mol. The molecule has 33 heavy (non-hydrogen) atoms. The standard InChI is InChI=1S/C23H27F3N4O2S/c24-23(25,26)32-18-6-1-3-16(13-18)22-27-19-7-8-28(14-20(19)33-22)15-21(31)30-11-9-29(10-12-30)17-4-2-5-17/h1,3,6,13,17H,2,4-5,7-12,14-15H2. The van der Waals surface area contributed by atoms with Gasteiger partial charge in [-0.25, -0.2) is 4.98 Å². The van der Waals surface area contributed by atoms with Gasteiger partial charge in [-0.2, -0.15) is 0 Å². The van der Waals surface area contributed by atoms with Gasteiger partial charge in [-0.1, -0.05) is 18.6 Å². The maximum atomic E-state index is 12.9. The first-order valence-corrected chi connectivity index (χ1v) is 12.2. The maximum absolute atomic E-state index is 12.9. The summed E-state index contributed by atoms with van der Waals surface area (Å²) in [6, 6.07) is 6.64. The number of benzene rings is 1. The number of alkyl halides is 3. The number of carbonyl (C=O) groups is 1. The quantitative estimate of drug-likeness (QED) is 0.652. The number of hydrogen-bond donors (Lipinski definition) is 0. The van der Waals surface area contributed by atoms with Crippen molar-refractivity contribution < 1.29 is 22.7 Å². The molecule has 1 aromatic carbocycles. The van der Waals surface area contributed by atoms with Crippen LogP contribution in [0.4, 0.5) is 13.2 Å². The van der Waals surface area contributed by atoms with Crippen molar-refractivity contribution in [2.75, 3.05) is 39.3 Å². The molecule has 3 heterocycles. The lowest BCUT2D eigenvalue weighted by atomic mass is 9.91. The van der Waals surface area contributed by atoms with Gasteiger partial charge >= 0.3 is 6.36 Å². The molecule has 3 aliphatic rings. The van der Waals surface area contributed by atoms with Crippen LogP contribution in [0.1, 0.15) is 29.8 Å². The molecule has 0 radical (unpaired) electrons. The molecule has 1 aliphatic carbocycles. The number of ether oxygens (including phenoxy) is 1. The SMILES string of the molecule is O=C(CN1CCc2nc(-c3cccc(OC(F)(F)F)c3)sc2C1)N1CCN(C2CCC2)CC1. The molecule has 0 unspecified atom stereocenters. The summed E-state index contributed by atoms with van der Waals surface area (Å²) in [4.78, 5) is 25.2. The Labute approximate surface area is 194 Å². The number of hydrogen-bond acceptors (Lipinski definition) is 6. The van der Waals surface area contributed by atoms with Crippen LogP contribution in [0.3, 0.4) is 0 Å². The zero-order valence-electron chi connectivity index (χ0n) is 18.3. The van der Waals surface area contributed by atoms with E-state index in [1.54, 1.807) is 6.07 Å². The monoisotopic (exact) mass is 480 g/mol. The van der Waals surface area contributed by atoms with Crippen molar-refractivity contribution in [3.63, 3.8) is 0 Å². The van der Waals surface area contributed by atoms with E-state index in [1.165, 1.54) is 48.8 Å². The second kappa shape index (κ2) is 9.23. The van der Waals surface area contributed by atoms with Gasteiger partial charge in [-0.15, -0.1) is 24.5 Å². The highest BCUT2D eigenvalue weighted by Gasteiger charge is 2.32. The van der Waals surface area contributed by atoms with Gasteiger partial charge in [-0.3, -0.25) is 14.6 Å². The molecule has 1 saturated heterocycles. The Morgan fingerprint density at radius 3 is 2.64 bits per heavy atom. The van der Waals surface area contributed by atoms with Gasteiger partial charge in [0.1, 0.15) is 10.8 Å². The van der Waals surface area contributed by atoms with Gasteiger partial charge in [0.05, 0.1) is 12.2 Å². The number of thiazole rings is 1. The molecule has 1 saturated carbocycles. The summed E-state index contributed by atoms with van der Waals surface area (Å²) >= 11 is 1.47. The molecule has 178 valence electrons. The van der Waals surface area contributed by atoms with Crippen LogP contribution in [0, 0.1) is 0 Å². The molecule has 0 atom stereocenters. The highest BCUT2D eigenvalue weighted by atomic mass is 32.1. The molecule has 2 fully saturated rings. The van der Waals surface area contributed by atoms with Crippen molar-refractivity contribution in [3.8, 4) is 16.3 Å². The lowest BCUT2D eigenvalue weighted by molar-refractivity contribution is -0.274. The lowest BCUT2D eigenvalue weighted by Gasteiger charge is -2.43. The Balaban J connectivity index is 1.18. The summed E-state index contributed by atoms with van der Waals surface area (Å²) in [5.41, 5.74) is 1.57. The summed E-state index contributed by atoms with van der Waals surface area (Å²) in [6.45, 7) is 5.32. The minimum absolute atomic E-state index is 0.174. The van der Waals surface area contributed by atoms with Gasteiger partial charge in [0.25, 0.3) is 0 Å². The van der Waals surface area contributed by atoms with E-state index in [0.29, 0.717) is 23.7 Å². The first kappa shape index (κ1) is 22.6. The molecule has 5 rings (SSSR count). The fraction of sp³-hybridized carbons (Fsp3) is 0.565. The minimum Gasteiger partial charge on any atom is -0.406 e. The maximum Gasteiger partial charge on any atom is 0.573 e. The van der Waals surface area contributed by atoms with Crippen LogP contribution in [0.15, 0.2) is 24.3 Å². The minimum atomic E-state index is -4.72. The molecule has 0 spiro atoms. The van der Waals surface area contributed by atoms with Crippen LogP contribution in [0.5, 0.6) is 5.75 Å². The van der Waals surface area contributed by atoms with E-state index < -0.39 is 6.36 Å². The number of halogens is 3. The van der Waals surface area contributed by atoms with Crippen molar-refractivity contribution in [2.24, 2.45) is 0 Å². The van der Waals surface area contributed by atoms with Gasteiger partial charge in [0.15, 0.2) is 0 Å². The summed E-state index contributed by atoms with van der Waals surface area (Å²) in [5.74, 6) is -0.0775. The zero-order chi connectivity index (χ0) is 23.0. The smallest absolute Gasteiger partial charge is 0.406 e. The topological polar surface area (TPSA) is 48.9 Å². The number of aromatic nitrogens is 1. The van der Waals surface area contributed by atoms with Crippen molar-refractivity contribution in [1.82, 2.24) is 19.7 Å². The van der Waals surface area contributed by atoms with Crippen molar-refractivity contribution >= 4 is 17.2 Å². The molecule has 1 aromatic heterocycles. The largest absolute Gasteiger partial charge is 0.573 e. The summed E-state index contributed by atoms with van der Waals surface area (Å²) in [5, 5.41) is 0.674. The second-order valence-corrected chi connectivity index (χ2v) is 10.0. The molecule has 1 amide bonds. The Morgan fingerprint density at radius 1 is 1.15 bits per heavy atom. The second-order valence-electron chi connectivity index (χ2n) is 8.93. The van der Waals surface area contributed by atoms with Gasteiger partial charge in [-0.05, 0) is 25.0 Å². The molecule has 10 heteroatoms. The van der Waals surface area contributed by atoms with E-state index in [2.05, 4.69) is 19.5 Å². The van der Waals surface area contributed by atoms with Gasteiger partial charge in [0.2, 0.25) is 5.91 Å². The van der Waals surface area contributed by atoms with Crippen molar-refractivity contribution in [1.29, 1.82) is 0 Å². The number of fused-ring (bicyclic) bond motifs is 1. The summed E-state index contributed by atoms with van der Waals surface area (Å²) < 4.78 is 41.7. The van der Waals surface area contributed by atoms with Gasteiger partial charge < -0.3 is 9.64 Å². The molecule has 0 bridgehead atoms. The molecular weight excluding hydrogens is 453 g/mol. The highest BCUT2D eigenvalue weighted by Crippen LogP contribution is 2.34. The van der Waals surface area contributed by atoms with Crippen molar-refractivity contribution in [2.45, 2.75) is 44.6 Å². The number of rotatable bonds is 5. The first-order valence-electron chi connectivity index (χ1n) is 11.4. The third-order valence-corrected chi connectivity index (χ3v) is 7.87. The van der Waals surface area contributed by atoms with E-state index >= 15 is 0 Å². The van der Waals surface area contributed by atoms with E-state index in [-0.39, 0.29) is 11.7 Å². The van der Waals surface area contributed by atoms with Crippen LogP contribution in [0.2, 0.25) is 0 Å². The fourth-order valence-corrected chi connectivity index (χ4v) is 5.86. The van der Waals surface area contributed by atoms with Crippen LogP contribution in [-0.4, -0.2) is 77.3 Å². The summed E-state index contributed by atoms with van der Waals surface area (Å²) in [7, 11) is 0. The predicted octanol–water partition coefficient (Wildman–Crippen LogP) is 3.76. The highest BCUT2D eigenvalue weighted by molar-refractivity contribution is 7.15. The van der Waals surface area contributed by atoms with Crippen LogP contribution < -0.4 is 4.74 Å². The first-order chi connectivity index (χ1) is 15.8. The average molecular weight is 481 g/mol. The third-order valence-electron chi connectivity index (χ3n) is 6.74. The molecular formula is C23H27F3N4O2S. The Bertz CT molecular complexity index is 1000. The lowest BCUT2D eigenvalue weighted by Crippen LogP contribution is -2.55. The number of piperazine rings is 1. The van der Waals surface area contributed by atoms with E-state index in [1.807, 2.05) is 4.90 Å². The zero-order valence-corrected chi connectivity index (χ0v) is 19.1.